The minimum atomic E-state index is 0.291. The third-order valence-corrected chi connectivity index (χ3v) is 4.45. The van der Waals surface area contributed by atoms with E-state index in [0.29, 0.717) is 11.3 Å². The fourth-order valence-electron chi connectivity index (χ4n) is 2.76. The van der Waals surface area contributed by atoms with Crippen LogP contribution in [0.15, 0.2) is 42.5 Å². The first-order chi connectivity index (χ1) is 9.07. The van der Waals surface area contributed by atoms with E-state index in [1.54, 1.807) is 0 Å². The minimum absolute atomic E-state index is 0.291. The molecule has 2 aromatic rings. The zero-order valence-electron chi connectivity index (χ0n) is 12.5. The Morgan fingerprint density at radius 1 is 1.05 bits per heavy atom. The van der Waals surface area contributed by atoms with E-state index in [4.69, 9.17) is 0 Å². The molecule has 1 atom stereocenters. The van der Waals surface area contributed by atoms with Crippen LogP contribution in [0.25, 0.3) is 10.8 Å². The van der Waals surface area contributed by atoms with E-state index in [-0.39, 0.29) is 0 Å². The fraction of sp³-hybridized carbons (Fsp3) is 0.444. The summed E-state index contributed by atoms with van der Waals surface area (Å²) in [5.41, 5.74) is 1.75. The predicted octanol–water partition coefficient (Wildman–Crippen LogP) is 4.26. The van der Waals surface area contributed by atoms with Crippen molar-refractivity contribution in [2.24, 2.45) is 11.3 Å². The summed E-state index contributed by atoms with van der Waals surface area (Å²) in [6, 6.07) is 15.3. The zero-order chi connectivity index (χ0) is 13.9. The first kappa shape index (κ1) is 14.1. The van der Waals surface area contributed by atoms with Crippen LogP contribution in [0.2, 0.25) is 0 Å². The minimum Gasteiger partial charge on any atom is -0.319 e. The molecule has 0 bridgehead atoms. The summed E-state index contributed by atoms with van der Waals surface area (Å²) in [6.07, 6.45) is 1.12. The molecular weight excluding hydrogens is 230 g/mol. The van der Waals surface area contributed by atoms with Crippen molar-refractivity contribution in [2.75, 3.05) is 13.6 Å². The van der Waals surface area contributed by atoms with Gasteiger partial charge in [-0.25, -0.2) is 0 Å². The van der Waals surface area contributed by atoms with Gasteiger partial charge in [0.2, 0.25) is 0 Å². The maximum atomic E-state index is 3.36. The summed E-state index contributed by atoms with van der Waals surface area (Å²) in [4.78, 5) is 0. The Hall–Kier alpha value is -1.34. The second-order valence-electron chi connectivity index (χ2n) is 6.15. The molecule has 0 aliphatic heterocycles. The van der Waals surface area contributed by atoms with E-state index in [2.05, 4.69) is 68.6 Å². The molecule has 19 heavy (non-hydrogen) atoms. The third kappa shape index (κ3) is 2.98. The lowest BCUT2D eigenvalue weighted by Gasteiger charge is -2.34. The zero-order valence-corrected chi connectivity index (χ0v) is 12.5. The SMILES string of the molecule is CNCC(C)(Cc1cccc2ccccc12)C(C)C. The van der Waals surface area contributed by atoms with E-state index in [1.165, 1.54) is 16.3 Å². The van der Waals surface area contributed by atoms with Crippen molar-refractivity contribution in [3.8, 4) is 0 Å². The largest absolute Gasteiger partial charge is 0.319 e. The molecule has 102 valence electrons. The van der Waals surface area contributed by atoms with Gasteiger partial charge in [0, 0.05) is 6.54 Å². The molecule has 1 unspecified atom stereocenters. The van der Waals surface area contributed by atoms with Gasteiger partial charge in [-0.2, -0.15) is 0 Å². The smallest absolute Gasteiger partial charge is 0.000780 e. The van der Waals surface area contributed by atoms with Gasteiger partial charge >= 0.3 is 0 Å². The van der Waals surface area contributed by atoms with Gasteiger partial charge < -0.3 is 5.32 Å². The molecular formula is C18H25N. The van der Waals surface area contributed by atoms with Gasteiger partial charge in [0.05, 0.1) is 0 Å². The summed E-state index contributed by atoms with van der Waals surface area (Å²) in [5.74, 6) is 0.652. The summed E-state index contributed by atoms with van der Waals surface area (Å²) in [5, 5.41) is 6.10. The van der Waals surface area contributed by atoms with Crippen molar-refractivity contribution >= 4 is 10.8 Å². The standard InChI is InChI=1S/C18H25N/c1-14(2)18(3,13-19-4)12-16-10-7-9-15-8-5-6-11-17(15)16/h5-11,14,19H,12-13H2,1-4H3. The van der Waals surface area contributed by atoms with Gasteiger partial charge in [0.1, 0.15) is 0 Å². The van der Waals surface area contributed by atoms with Crippen LogP contribution in [0.5, 0.6) is 0 Å². The maximum absolute atomic E-state index is 3.36. The molecule has 1 nitrogen and oxygen atoms in total. The van der Waals surface area contributed by atoms with E-state index in [0.717, 1.165) is 13.0 Å². The van der Waals surface area contributed by atoms with Crippen molar-refractivity contribution in [3.05, 3.63) is 48.0 Å². The second-order valence-corrected chi connectivity index (χ2v) is 6.15. The van der Waals surface area contributed by atoms with Crippen molar-refractivity contribution in [1.82, 2.24) is 5.32 Å². The van der Waals surface area contributed by atoms with Crippen LogP contribution >= 0.6 is 0 Å². The van der Waals surface area contributed by atoms with Crippen LogP contribution in [0, 0.1) is 11.3 Å². The highest BCUT2D eigenvalue weighted by Gasteiger charge is 2.28. The van der Waals surface area contributed by atoms with Crippen LogP contribution < -0.4 is 5.32 Å². The molecule has 0 amide bonds. The number of rotatable bonds is 5. The van der Waals surface area contributed by atoms with Crippen LogP contribution in [0.4, 0.5) is 0 Å². The molecule has 0 saturated carbocycles. The molecule has 1 heteroatoms. The van der Waals surface area contributed by atoms with Gasteiger partial charge in [-0.3, -0.25) is 0 Å². The lowest BCUT2D eigenvalue weighted by atomic mass is 9.73. The van der Waals surface area contributed by atoms with Crippen molar-refractivity contribution in [2.45, 2.75) is 27.2 Å². The van der Waals surface area contributed by atoms with Crippen molar-refractivity contribution in [3.63, 3.8) is 0 Å². The van der Waals surface area contributed by atoms with Crippen LogP contribution in [0.3, 0.4) is 0 Å². The number of hydrogen-bond donors (Lipinski definition) is 1. The third-order valence-electron chi connectivity index (χ3n) is 4.45. The predicted molar refractivity (Wildman–Crippen MR) is 84.5 cm³/mol. The van der Waals surface area contributed by atoms with Gasteiger partial charge in [0.25, 0.3) is 0 Å². The molecule has 0 spiro atoms. The molecule has 2 aromatic carbocycles. The summed E-state index contributed by atoms with van der Waals surface area (Å²) in [6.45, 7) is 8.08. The highest BCUT2D eigenvalue weighted by molar-refractivity contribution is 5.85. The second kappa shape index (κ2) is 5.75. The Morgan fingerprint density at radius 2 is 1.74 bits per heavy atom. The Morgan fingerprint density at radius 3 is 2.42 bits per heavy atom. The summed E-state index contributed by atoms with van der Waals surface area (Å²) in [7, 11) is 2.05. The monoisotopic (exact) mass is 255 g/mol. The van der Waals surface area contributed by atoms with Crippen molar-refractivity contribution < 1.29 is 0 Å². The normalized spacial score (nSPS) is 14.8. The molecule has 2 rings (SSSR count). The maximum Gasteiger partial charge on any atom is 0.000780 e. The number of hydrogen-bond acceptors (Lipinski definition) is 1. The fourth-order valence-corrected chi connectivity index (χ4v) is 2.76. The van der Waals surface area contributed by atoms with E-state index in [9.17, 15) is 0 Å². The van der Waals surface area contributed by atoms with Crippen LogP contribution in [-0.2, 0) is 6.42 Å². The molecule has 0 fully saturated rings. The number of nitrogens with one attached hydrogen (secondary N) is 1. The van der Waals surface area contributed by atoms with Gasteiger partial charge in [-0.05, 0) is 41.1 Å². The molecule has 0 heterocycles. The molecule has 0 aliphatic carbocycles. The quantitative estimate of drug-likeness (QED) is 0.841. The average molecular weight is 255 g/mol. The number of fused-ring (bicyclic) bond motifs is 1. The Kier molecular flexibility index (Phi) is 4.26. The number of benzene rings is 2. The highest BCUT2D eigenvalue weighted by atomic mass is 14.8. The lowest BCUT2D eigenvalue weighted by molar-refractivity contribution is 0.213. The van der Waals surface area contributed by atoms with Crippen LogP contribution in [0.1, 0.15) is 26.3 Å². The summed E-state index contributed by atoms with van der Waals surface area (Å²) < 4.78 is 0. The summed E-state index contributed by atoms with van der Waals surface area (Å²) >= 11 is 0. The molecule has 0 saturated heterocycles. The lowest BCUT2D eigenvalue weighted by Crippen LogP contribution is -2.36. The molecule has 0 radical (unpaired) electrons. The topological polar surface area (TPSA) is 12.0 Å². The van der Waals surface area contributed by atoms with Crippen molar-refractivity contribution in [1.29, 1.82) is 0 Å². The highest BCUT2D eigenvalue weighted by Crippen LogP contribution is 2.33. The molecule has 1 N–H and O–H groups in total. The van der Waals surface area contributed by atoms with Gasteiger partial charge in [-0.15, -0.1) is 0 Å². The Balaban J connectivity index is 2.39. The van der Waals surface area contributed by atoms with E-state index >= 15 is 0 Å². The van der Waals surface area contributed by atoms with E-state index in [1.807, 2.05) is 7.05 Å². The first-order valence-corrected chi connectivity index (χ1v) is 7.18. The Labute approximate surface area is 117 Å². The van der Waals surface area contributed by atoms with Gasteiger partial charge in [-0.1, -0.05) is 63.2 Å². The molecule has 0 aliphatic rings. The van der Waals surface area contributed by atoms with E-state index < -0.39 is 0 Å². The van der Waals surface area contributed by atoms with Crippen LogP contribution in [-0.4, -0.2) is 13.6 Å². The average Bonchev–Trinajstić information content (AvgIpc) is 2.39. The Bertz CT molecular complexity index is 539. The molecule has 0 aromatic heterocycles. The van der Waals surface area contributed by atoms with Gasteiger partial charge in [0.15, 0.2) is 0 Å². The first-order valence-electron chi connectivity index (χ1n) is 7.18.